The predicted molar refractivity (Wildman–Crippen MR) is 37.0 cm³/mol. The largest absolute Gasteiger partial charge is 2.00 e. The molecular formula is H6CaCl4Y. The first kappa shape index (κ1) is 55.7. The zero-order valence-corrected chi connectivity index (χ0v) is 11.2. The van der Waals surface area contributed by atoms with Gasteiger partial charge in [-0.25, -0.2) is 0 Å². The molecule has 0 heterocycles. The summed E-state index contributed by atoms with van der Waals surface area (Å²) in [4.78, 5) is 0. The Morgan fingerprint density at radius 3 is 0.667 bits per heavy atom. The molecule has 0 saturated heterocycles. The number of hydrogen-bond acceptors (Lipinski definition) is 0. The summed E-state index contributed by atoms with van der Waals surface area (Å²) in [5, 5.41) is 0. The number of hydrogen-bond donors (Lipinski definition) is 0. The van der Waals surface area contributed by atoms with E-state index in [2.05, 4.69) is 0 Å². The average Bonchev–Trinajstić information content (AvgIpc) is 0. The van der Waals surface area contributed by atoms with Crippen LogP contribution in [0.15, 0.2) is 0 Å². The Hall–Kier alpha value is 3.52. The van der Waals surface area contributed by atoms with E-state index in [1.54, 1.807) is 0 Å². The van der Waals surface area contributed by atoms with Crippen molar-refractivity contribution < 1.29 is 35.6 Å². The molecule has 0 nitrogen and oxygen atoms in total. The van der Waals surface area contributed by atoms with E-state index in [0.29, 0.717) is 0 Å². The van der Waals surface area contributed by atoms with E-state index >= 15 is 0 Å². The Labute approximate surface area is 120 Å². The molecule has 0 aliphatic heterocycles. The van der Waals surface area contributed by atoms with Crippen molar-refractivity contribution in [3.63, 3.8) is 0 Å². The molecule has 0 aliphatic carbocycles. The van der Waals surface area contributed by atoms with Crippen LogP contribution in [-0.4, -0.2) is 37.7 Å². The first-order chi connectivity index (χ1) is 0. The Bertz CT molecular complexity index is 14.0. The fourth-order valence-corrected chi connectivity index (χ4v) is 0. The SMILES string of the molecule is Cl.Cl.Cl.Cl.[Ca+2].[H-].[H-].[Y]. The van der Waals surface area contributed by atoms with Crippen molar-refractivity contribution >= 4 is 87.4 Å². The van der Waals surface area contributed by atoms with Gasteiger partial charge in [0.15, 0.2) is 0 Å². The summed E-state index contributed by atoms with van der Waals surface area (Å²) in [5.41, 5.74) is 0. The van der Waals surface area contributed by atoms with Crippen molar-refractivity contribution in [2.45, 2.75) is 0 Å². The minimum Gasteiger partial charge on any atom is -1.00 e. The van der Waals surface area contributed by atoms with Crippen molar-refractivity contribution in [2.24, 2.45) is 0 Å². The first-order valence-electron chi connectivity index (χ1n) is 0. The molecule has 0 aliphatic rings. The quantitative estimate of drug-likeness (QED) is 0.589. The fraction of sp³-hybridized carbons (Fsp3) is 0. The van der Waals surface area contributed by atoms with Gasteiger partial charge >= 0.3 is 37.7 Å². The van der Waals surface area contributed by atoms with E-state index in [1.807, 2.05) is 0 Å². The Balaban J connectivity index is 0. The van der Waals surface area contributed by atoms with Crippen molar-refractivity contribution in [3.8, 4) is 0 Å². The normalized spacial score (nSPS) is 0. The van der Waals surface area contributed by atoms with E-state index in [-0.39, 0.29) is 123 Å². The van der Waals surface area contributed by atoms with E-state index in [1.165, 1.54) is 0 Å². The topological polar surface area (TPSA) is 0 Å². The second-order valence-corrected chi connectivity index (χ2v) is 0. The fourth-order valence-electron chi connectivity index (χ4n) is 0. The van der Waals surface area contributed by atoms with Gasteiger partial charge in [0.05, 0.1) is 0 Å². The summed E-state index contributed by atoms with van der Waals surface area (Å²) < 4.78 is 0. The van der Waals surface area contributed by atoms with Gasteiger partial charge in [-0.1, -0.05) is 0 Å². The zero-order chi connectivity index (χ0) is 0. The molecule has 1 radical (unpaired) electrons. The summed E-state index contributed by atoms with van der Waals surface area (Å²) in [7, 11) is 0. The third kappa shape index (κ3) is 25.8. The van der Waals surface area contributed by atoms with Crippen LogP contribution in [0.2, 0.25) is 0 Å². The number of halogens is 4. The van der Waals surface area contributed by atoms with Gasteiger partial charge in [0.1, 0.15) is 0 Å². The third-order valence-electron chi connectivity index (χ3n) is 0. The Morgan fingerprint density at radius 2 is 0.667 bits per heavy atom. The molecule has 6 heavy (non-hydrogen) atoms. The molecule has 0 atom stereocenters. The molecule has 0 aromatic heterocycles. The molecule has 0 aromatic carbocycles. The molecule has 0 unspecified atom stereocenters. The van der Waals surface area contributed by atoms with Crippen LogP contribution in [0.25, 0.3) is 0 Å². The molecular weight excluding hydrogens is 271 g/mol. The van der Waals surface area contributed by atoms with Gasteiger partial charge in [-0.3, -0.25) is 0 Å². The van der Waals surface area contributed by atoms with Gasteiger partial charge in [-0.05, 0) is 0 Å². The molecule has 0 fully saturated rings. The smallest absolute Gasteiger partial charge is 1.00 e. The maximum Gasteiger partial charge on any atom is 2.00 e. The summed E-state index contributed by atoms with van der Waals surface area (Å²) in [6.07, 6.45) is 0. The van der Waals surface area contributed by atoms with Crippen LogP contribution in [-0.2, 0) is 32.7 Å². The molecule has 0 spiro atoms. The monoisotopic (exact) mass is 275 g/mol. The molecule has 0 rings (SSSR count). The maximum absolute atomic E-state index is 0. The van der Waals surface area contributed by atoms with E-state index in [9.17, 15) is 0 Å². The van der Waals surface area contributed by atoms with Crippen molar-refractivity contribution in [3.05, 3.63) is 0 Å². The van der Waals surface area contributed by atoms with Gasteiger partial charge in [0.25, 0.3) is 0 Å². The summed E-state index contributed by atoms with van der Waals surface area (Å²) in [6.45, 7) is 0. The molecule has 0 N–H and O–H groups in total. The van der Waals surface area contributed by atoms with Crippen molar-refractivity contribution in [1.29, 1.82) is 0 Å². The summed E-state index contributed by atoms with van der Waals surface area (Å²) >= 11 is 0. The van der Waals surface area contributed by atoms with Crippen LogP contribution in [0.4, 0.5) is 0 Å². The van der Waals surface area contributed by atoms with E-state index < -0.39 is 0 Å². The van der Waals surface area contributed by atoms with Crippen LogP contribution in [0, 0.1) is 0 Å². The zero-order valence-electron chi connectivity index (χ0n) is 4.92. The van der Waals surface area contributed by atoms with E-state index in [4.69, 9.17) is 0 Å². The van der Waals surface area contributed by atoms with Crippen molar-refractivity contribution in [1.82, 2.24) is 0 Å². The van der Waals surface area contributed by atoms with Crippen LogP contribution in [0.3, 0.4) is 0 Å². The maximum atomic E-state index is 0. The van der Waals surface area contributed by atoms with Gasteiger partial charge in [0, 0.05) is 32.7 Å². The molecule has 0 saturated carbocycles. The predicted octanol–water partition coefficient (Wildman–Crippen LogP) is 1.53. The van der Waals surface area contributed by atoms with E-state index in [0.717, 1.165) is 0 Å². The molecule has 0 aromatic rings. The second kappa shape index (κ2) is 38.9. The van der Waals surface area contributed by atoms with Crippen LogP contribution in [0.5, 0.6) is 0 Å². The van der Waals surface area contributed by atoms with Gasteiger partial charge in [-0.2, -0.15) is 0 Å². The van der Waals surface area contributed by atoms with Crippen LogP contribution in [0.1, 0.15) is 2.85 Å². The summed E-state index contributed by atoms with van der Waals surface area (Å²) in [5.74, 6) is 0. The summed E-state index contributed by atoms with van der Waals surface area (Å²) in [6, 6.07) is 0. The minimum absolute atomic E-state index is 0. The van der Waals surface area contributed by atoms with Crippen LogP contribution < -0.4 is 0 Å². The second-order valence-electron chi connectivity index (χ2n) is 0. The number of rotatable bonds is 0. The first-order valence-corrected chi connectivity index (χ1v) is 0. The average molecular weight is 277 g/mol. The third-order valence-corrected chi connectivity index (χ3v) is 0. The Morgan fingerprint density at radius 1 is 0.667 bits per heavy atom. The van der Waals surface area contributed by atoms with Gasteiger partial charge in [0.2, 0.25) is 0 Å². The standard InChI is InChI=1S/Ca.4ClH.Y.2H/h;4*1H;;;/q+2;;;;;;2*-1. The Kier molecular flexibility index (Phi) is 361. The van der Waals surface area contributed by atoms with Crippen molar-refractivity contribution in [2.75, 3.05) is 0 Å². The molecule has 0 amide bonds. The van der Waals surface area contributed by atoms with Gasteiger partial charge in [-0.15, -0.1) is 49.6 Å². The molecule has 6 heteroatoms. The molecule has 39 valence electrons. The van der Waals surface area contributed by atoms with Gasteiger partial charge < -0.3 is 2.85 Å². The molecule has 0 bridgehead atoms. The minimum atomic E-state index is 0. The van der Waals surface area contributed by atoms with Crippen LogP contribution >= 0.6 is 49.6 Å².